The first kappa shape index (κ1) is 21.4. The Labute approximate surface area is 152 Å². The average molecular weight is 386 g/mol. The van der Waals surface area contributed by atoms with E-state index in [0.717, 1.165) is 0 Å². The van der Waals surface area contributed by atoms with Crippen LogP contribution in [0.4, 0.5) is 10.5 Å². The van der Waals surface area contributed by atoms with Crippen LogP contribution in [0.2, 0.25) is 0 Å². The highest BCUT2D eigenvalue weighted by Crippen LogP contribution is 2.27. The van der Waals surface area contributed by atoms with Gasteiger partial charge in [0.2, 0.25) is 0 Å². The zero-order valence-corrected chi connectivity index (χ0v) is 15.6. The molecule has 1 aromatic carbocycles. The van der Waals surface area contributed by atoms with E-state index in [4.69, 9.17) is 4.74 Å². The Morgan fingerprint density at radius 1 is 1.15 bits per heavy atom. The molecule has 0 bridgehead atoms. The number of hydrogen-bond acceptors (Lipinski definition) is 7. The van der Waals surface area contributed by atoms with Crippen LogP contribution in [0.1, 0.15) is 20.3 Å². The second-order valence-corrected chi connectivity index (χ2v) is 7.37. The molecule has 144 valence electrons. The summed E-state index contributed by atoms with van der Waals surface area (Å²) >= 11 is 0. The van der Waals surface area contributed by atoms with Gasteiger partial charge >= 0.3 is 12.0 Å². The lowest BCUT2D eigenvalue weighted by atomic mass is 10.3. The molecule has 9 nitrogen and oxygen atoms in total. The molecule has 0 fully saturated rings. The van der Waals surface area contributed by atoms with E-state index in [9.17, 15) is 22.8 Å². The lowest BCUT2D eigenvalue weighted by molar-refractivity contribution is -0.145. The van der Waals surface area contributed by atoms with E-state index in [1.165, 1.54) is 32.2 Å². The van der Waals surface area contributed by atoms with Crippen molar-refractivity contribution in [1.82, 2.24) is 5.32 Å². The Kier molecular flexibility index (Phi) is 8.04. The number of hydrogen-bond donors (Lipinski definition) is 2. The van der Waals surface area contributed by atoms with Crippen molar-refractivity contribution >= 4 is 33.3 Å². The van der Waals surface area contributed by atoms with Gasteiger partial charge in [-0.1, -0.05) is 6.92 Å². The topological polar surface area (TPSA) is 128 Å². The van der Waals surface area contributed by atoms with E-state index in [2.05, 4.69) is 15.4 Å². The highest BCUT2D eigenvalue weighted by Gasteiger charge is 2.17. The van der Waals surface area contributed by atoms with Crippen molar-refractivity contribution in [2.24, 2.45) is 0 Å². The van der Waals surface area contributed by atoms with E-state index in [0.29, 0.717) is 0 Å². The maximum Gasteiger partial charge on any atom is 0.319 e. The van der Waals surface area contributed by atoms with Crippen LogP contribution in [-0.4, -0.2) is 52.2 Å². The van der Waals surface area contributed by atoms with Gasteiger partial charge in [-0.3, -0.25) is 9.59 Å². The third-order valence-electron chi connectivity index (χ3n) is 3.25. The van der Waals surface area contributed by atoms with Crippen molar-refractivity contribution < 1.29 is 32.3 Å². The summed E-state index contributed by atoms with van der Waals surface area (Å²) in [5, 5.41) is 4.71. The zero-order chi connectivity index (χ0) is 19.7. The molecule has 0 atom stereocenters. The summed E-state index contributed by atoms with van der Waals surface area (Å²) in [5.41, 5.74) is 0.136. The summed E-state index contributed by atoms with van der Waals surface area (Å²) in [6.07, 6.45) is -0.443. The SMILES string of the molecule is CCOC(=O)CC(=O)CNC(=O)Nc1cc(S(=O)(=O)CC)ccc1OC. The first-order valence-corrected chi connectivity index (χ1v) is 9.51. The van der Waals surface area contributed by atoms with Crippen LogP contribution in [0.3, 0.4) is 0 Å². The van der Waals surface area contributed by atoms with Crippen LogP contribution in [0.25, 0.3) is 0 Å². The molecule has 0 saturated heterocycles. The number of ether oxygens (including phenoxy) is 2. The summed E-state index contributed by atoms with van der Waals surface area (Å²) in [7, 11) is -2.09. The minimum absolute atomic E-state index is 0.0366. The molecule has 0 aliphatic carbocycles. The number of anilines is 1. The van der Waals surface area contributed by atoms with Crippen LogP contribution in [-0.2, 0) is 24.2 Å². The lowest BCUT2D eigenvalue weighted by Crippen LogP contribution is -2.34. The normalized spacial score (nSPS) is 10.7. The number of amides is 2. The van der Waals surface area contributed by atoms with Gasteiger partial charge < -0.3 is 20.1 Å². The minimum Gasteiger partial charge on any atom is -0.495 e. The average Bonchev–Trinajstić information content (AvgIpc) is 2.60. The van der Waals surface area contributed by atoms with Crippen LogP contribution in [0.5, 0.6) is 5.75 Å². The molecule has 0 aliphatic heterocycles. The van der Waals surface area contributed by atoms with Gasteiger partial charge in [-0.05, 0) is 25.1 Å². The molecule has 0 aliphatic rings. The molecule has 0 spiro atoms. The largest absolute Gasteiger partial charge is 0.495 e. The van der Waals surface area contributed by atoms with Crippen molar-refractivity contribution in [3.63, 3.8) is 0 Å². The molecule has 0 unspecified atom stereocenters. The van der Waals surface area contributed by atoms with Gasteiger partial charge in [0, 0.05) is 0 Å². The molecule has 1 rings (SSSR count). The van der Waals surface area contributed by atoms with E-state index < -0.39 is 34.0 Å². The fourth-order valence-electron chi connectivity index (χ4n) is 1.93. The number of urea groups is 1. The first-order valence-electron chi connectivity index (χ1n) is 7.86. The Balaban J connectivity index is 2.75. The van der Waals surface area contributed by atoms with Crippen molar-refractivity contribution in [2.75, 3.05) is 31.3 Å². The maximum atomic E-state index is 12.0. The van der Waals surface area contributed by atoms with Gasteiger partial charge in [0.05, 0.1) is 36.6 Å². The number of benzene rings is 1. The molecule has 1 aromatic rings. The van der Waals surface area contributed by atoms with Gasteiger partial charge in [0.25, 0.3) is 0 Å². The molecule has 0 radical (unpaired) electrons. The standard InChI is InChI=1S/C16H22N2O7S/c1-4-25-15(20)8-11(19)10-17-16(21)18-13-9-12(26(22,23)5-2)6-7-14(13)24-3/h6-7,9H,4-5,8,10H2,1-3H3,(H2,17,18,21). The van der Waals surface area contributed by atoms with Crippen molar-refractivity contribution in [3.05, 3.63) is 18.2 Å². The summed E-state index contributed by atoms with van der Waals surface area (Å²) in [4.78, 5) is 34.7. The summed E-state index contributed by atoms with van der Waals surface area (Å²) in [6.45, 7) is 2.92. The van der Waals surface area contributed by atoms with Gasteiger partial charge in [-0.2, -0.15) is 0 Å². The third kappa shape index (κ3) is 6.36. The molecule has 0 saturated carbocycles. The number of rotatable bonds is 9. The van der Waals surface area contributed by atoms with Gasteiger partial charge in [-0.25, -0.2) is 13.2 Å². The number of sulfone groups is 1. The Morgan fingerprint density at radius 3 is 2.42 bits per heavy atom. The van der Waals surface area contributed by atoms with Gasteiger partial charge in [0.1, 0.15) is 12.2 Å². The number of carbonyl (C=O) groups excluding carboxylic acids is 3. The number of carbonyl (C=O) groups is 3. The van der Waals surface area contributed by atoms with Crippen molar-refractivity contribution in [2.45, 2.75) is 25.2 Å². The number of ketones is 1. The molecule has 0 heterocycles. The maximum absolute atomic E-state index is 12.0. The second kappa shape index (κ2) is 9.76. The number of esters is 1. The quantitative estimate of drug-likeness (QED) is 0.481. The number of nitrogens with one attached hydrogen (secondary N) is 2. The van der Waals surface area contributed by atoms with Crippen LogP contribution in [0, 0.1) is 0 Å². The molecule has 2 N–H and O–H groups in total. The van der Waals surface area contributed by atoms with E-state index >= 15 is 0 Å². The predicted octanol–water partition coefficient (Wildman–Crippen LogP) is 1.13. The van der Waals surface area contributed by atoms with Gasteiger partial charge in [0.15, 0.2) is 15.6 Å². The Morgan fingerprint density at radius 2 is 1.85 bits per heavy atom. The minimum atomic E-state index is -3.46. The molecule has 10 heteroatoms. The van der Waals surface area contributed by atoms with E-state index in [1.54, 1.807) is 6.92 Å². The summed E-state index contributed by atoms with van der Waals surface area (Å²) in [6, 6.07) is 3.33. The lowest BCUT2D eigenvalue weighted by Gasteiger charge is -2.12. The van der Waals surface area contributed by atoms with Crippen molar-refractivity contribution in [3.8, 4) is 5.75 Å². The summed E-state index contributed by atoms with van der Waals surface area (Å²) < 4.78 is 33.6. The summed E-state index contributed by atoms with van der Waals surface area (Å²) in [5.74, 6) is -1.02. The van der Waals surface area contributed by atoms with Crippen molar-refractivity contribution in [1.29, 1.82) is 0 Å². The molecule has 26 heavy (non-hydrogen) atoms. The second-order valence-electron chi connectivity index (χ2n) is 5.09. The van der Waals surface area contributed by atoms with E-state index in [-0.39, 0.29) is 35.2 Å². The Bertz CT molecular complexity index is 775. The molecule has 2 amide bonds. The van der Waals surface area contributed by atoms with Crippen LogP contribution in [0.15, 0.2) is 23.1 Å². The smallest absolute Gasteiger partial charge is 0.319 e. The van der Waals surface area contributed by atoms with E-state index in [1.807, 2.05) is 0 Å². The highest BCUT2D eigenvalue weighted by atomic mass is 32.2. The monoisotopic (exact) mass is 386 g/mol. The zero-order valence-electron chi connectivity index (χ0n) is 14.8. The number of methoxy groups -OCH3 is 1. The molecule has 0 aromatic heterocycles. The molecular formula is C16H22N2O7S. The Hall–Kier alpha value is -2.62. The fourth-order valence-corrected chi connectivity index (χ4v) is 2.83. The predicted molar refractivity (Wildman–Crippen MR) is 94.0 cm³/mol. The van der Waals surface area contributed by atoms with Gasteiger partial charge in [-0.15, -0.1) is 0 Å². The first-order chi connectivity index (χ1) is 12.2. The van der Waals surface area contributed by atoms with Crippen LogP contribution >= 0.6 is 0 Å². The third-order valence-corrected chi connectivity index (χ3v) is 4.98. The highest BCUT2D eigenvalue weighted by molar-refractivity contribution is 7.91. The molecular weight excluding hydrogens is 364 g/mol. The number of Topliss-reactive ketones (excluding diaryl/α,β-unsaturated/α-hetero) is 1. The fraction of sp³-hybridized carbons (Fsp3) is 0.438. The van der Waals surface area contributed by atoms with Crippen LogP contribution < -0.4 is 15.4 Å².